The number of carbonyl (C=O) groups is 1. The third kappa shape index (κ3) is 4.44. The molecule has 1 heterocycles. The molecule has 1 rings (SSSR count). The molecule has 0 aliphatic carbocycles. The molecule has 1 aromatic rings. The van der Waals surface area contributed by atoms with Gasteiger partial charge in [0.2, 0.25) is 5.91 Å². The summed E-state index contributed by atoms with van der Waals surface area (Å²) in [5, 5.41) is 4.94. The zero-order valence-corrected chi connectivity index (χ0v) is 10.2. The first kappa shape index (κ1) is 12.2. The monoisotopic (exact) mass is 226 g/mol. The van der Waals surface area contributed by atoms with Crippen LogP contribution in [0, 0.1) is 0 Å². The van der Waals surface area contributed by atoms with Gasteiger partial charge in [0, 0.05) is 16.8 Å². The van der Waals surface area contributed by atoms with Crippen molar-refractivity contribution < 1.29 is 4.79 Å². The number of carbonyl (C=O) groups excluding carboxylic acids is 1. The Morgan fingerprint density at radius 2 is 2.33 bits per heavy atom. The Kier molecular flexibility index (Phi) is 3.88. The number of hydrogen-bond acceptors (Lipinski definition) is 3. The first-order chi connectivity index (χ1) is 6.88. The molecule has 0 bridgehead atoms. The quantitative estimate of drug-likeness (QED) is 0.825. The topological polar surface area (TPSA) is 55.1 Å². The highest BCUT2D eigenvalue weighted by Crippen LogP contribution is 2.18. The Labute approximate surface area is 94.7 Å². The van der Waals surface area contributed by atoms with Crippen LogP contribution in [0.3, 0.4) is 0 Å². The maximum atomic E-state index is 11.6. The van der Waals surface area contributed by atoms with Crippen molar-refractivity contribution in [3.8, 4) is 0 Å². The molecule has 0 spiro atoms. The van der Waals surface area contributed by atoms with Crippen LogP contribution in [0.15, 0.2) is 17.5 Å². The van der Waals surface area contributed by atoms with Gasteiger partial charge in [-0.05, 0) is 32.2 Å². The van der Waals surface area contributed by atoms with Gasteiger partial charge in [-0.15, -0.1) is 11.3 Å². The predicted molar refractivity (Wildman–Crippen MR) is 63.8 cm³/mol. The van der Waals surface area contributed by atoms with E-state index in [-0.39, 0.29) is 11.9 Å². The molecule has 3 nitrogen and oxygen atoms in total. The van der Waals surface area contributed by atoms with Gasteiger partial charge in [-0.25, -0.2) is 0 Å². The SMILES string of the molecule is C[C@@H](NC(=O)CC(C)(C)N)c1cccs1. The molecule has 1 aromatic heterocycles. The van der Waals surface area contributed by atoms with Gasteiger partial charge in [0.1, 0.15) is 0 Å². The molecule has 84 valence electrons. The van der Waals surface area contributed by atoms with Gasteiger partial charge in [0.25, 0.3) is 0 Å². The lowest BCUT2D eigenvalue weighted by atomic mass is 10.0. The smallest absolute Gasteiger partial charge is 0.222 e. The lowest BCUT2D eigenvalue weighted by Gasteiger charge is -2.19. The minimum absolute atomic E-state index is 0.00315. The van der Waals surface area contributed by atoms with Crippen molar-refractivity contribution >= 4 is 17.2 Å². The zero-order valence-electron chi connectivity index (χ0n) is 9.41. The number of rotatable bonds is 4. The summed E-state index contributed by atoms with van der Waals surface area (Å²) in [5.41, 5.74) is 5.33. The van der Waals surface area contributed by atoms with E-state index >= 15 is 0 Å². The van der Waals surface area contributed by atoms with E-state index in [1.807, 2.05) is 38.3 Å². The molecule has 4 heteroatoms. The first-order valence-electron chi connectivity index (χ1n) is 5.00. The summed E-state index contributed by atoms with van der Waals surface area (Å²) in [6.07, 6.45) is 0.350. The molecule has 1 amide bonds. The van der Waals surface area contributed by atoms with Gasteiger partial charge in [0.15, 0.2) is 0 Å². The fourth-order valence-corrected chi connectivity index (χ4v) is 2.05. The van der Waals surface area contributed by atoms with Crippen LogP contribution in [0.1, 0.15) is 38.1 Å². The molecule has 0 aliphatic heterocycles. The van der Waals surface area contributed by atoms with E-state index in [0.29, 0.717) is 6.42 Å². The highest BCUT2D eigenvalue weighted by Gasteiger charge is 2.18. The van der Waals surface area contributed by atoms with Crippen molar-refractivity contribution in [2.45, 2.75) is 38.8 Å². The molecular formula is C11H18N2OS. The lowest BCUT2D eigenvalue weighted by Crippen LogP contribution is -2.39. The highest BCUT2D eigenvalue weighted by molar-refractivity contribution is 7.10. The molecule has 0 aromatic carbocycles. The Morgan fingerprint density at radius 1 is 1.67 bits per heavy atom. The minimum Gasteiger partial charge on any atom is -0.349 e. The molecular weight excluding hydrogens is 208 g/mol. The summed E-state index contributed by atoms with van der Waals surface area (Å²) >= 11 is 1.65. The summed E-state index contributed by atoms with van der Waals surface area (Å²) in [6.45, 7) is 5.68. The maximum absolute atomic E-state index is 11.6. The standard InChI is InChI=1S/C11H18N2OS/c1-8(9-5-4-6-15-9)13-10(14)7-11(2,3)12/h4-6,8H,7,12H2,1-3H3,(H,13,14)/t8-/m1/s1. The van der Waals surface area contributed by atoms with Crippen LogP contribution in [0.25, 0.3) is 0 Å². The molecule has 0 saturated heterocycles. The van der Waals surface area contributed by atoms with Crippen LogP contribution in [-0.4, -0.2) is 11.4 Å². The molecule has 15 heavy (non-hydrogen) atoms. The third-order valence-electron chi connectivity index (χ3n) is 1.96. The second kappa shape index (κ2) is 4.77. The molecule has 0 radical (unpaired) electrons. The maximum Gasteiger partial charge on any atom is 0.222 e. The van der Waals surface area contributed by atoms with E-state index in [2.05, 4.69) is 5.32 Å². The van der Waals surface area contributed by atoms with E-state index in [1.165, 1.54) is 0 Å². The first-order valence-corrected chi connectivity index (χ1v) is 5.88. The van der Waals surface area contributed by atoms with Crippen LogP contribution < -0.4 is 11.1 Å². The number of nitrogens with two attached hydrogens (primary N) is 1. The number of hydrogen-bond donors (Lipinski definition) is 2. The molecule has 0 saturated carbocycles. The highest BCUT2D eigenvalue weighted by atomic mass is 32.1. The Balaban J connectivity index is 2.45. The van der Waals surface area contributed by atoms with Gasteiger partial charge < -0.3 is 11.1 Å². The van der Waals surface area contributed by atoms with Crippen LogP contribution in [0.4, 0.5) is 0 Å². The largest absolute Gasteiger partial charge is 0.349 e. The van der Waals surface area contributed by atoms with Gasteiger partial charge in [0.05, 0.1) is 6.04 Å². The van der Waals surface area contributed by atoms with E-state index in [4.69, 9.17) is 5.73 Å². The Bertz CT molecular complexity index is 314. The van der Waals surface area contributed by atoms with Crippen LogP contribution in [0.2, 0.25) is 0 Å². The lowest BCUT2D eigenvalue weighted by molar-refractivity contribution is -0.122. The van der Waals surface area contributed by atoms with E-state index in [1.54, 1.807) is 11.3 Å². The average molecular weight is 226 g/mol. The van der Waals surface area contributed by atoms with Crippen molar-refractivity contribution in [2.75, 3.05) is 0 Å². The van der Waals surface area contributed by atoms with Gasteiger partial charge in [-0.2, -0.15) is 0 Å². The molecule has 0 fully saturated rings. The molecule has 1 atom stereocenters. The van der Waals surface area contributed by atoms with E-state index in [0.717, 1.165) is 4.88 Å². The van der Waals surface area contributed by atoms with Crippen LogP contribution >= 0.6 is 11.3 Å². The van der Waals surface area contributed by atoms with Crippen LogP contribution in [0.5, 0.6) is 0 Å². The Hall–Kier alpha value is -0.870. The Morgan fingerprint density at radius 3 is 2.80 bits per heavy atom. The second-order valence-electron chi connectivity index (χ2n) is 4.47. The second-order valence-corrected chi connectivity index (χ2v) is 5.45. The van der Waals surface area contributed by atoms with Gasteiger partial charge >= 0.3 is 0 Å². The predicted octanol–water partition coefficient (Wildman–Crippen LogP) is 2.05. The van der Waals surface area contributed by atoms with Crippen molar-refractivity contribution in [1.82, 2.24) is 5.32 Å². The van der Waals surface area contributed by atoms with Crippen molar-refractivity contribution in [3.05, 3.63) is 22.4 Å². The van der Waals surface area contributed by atoms with Crippen molar-refractivity contribution in [2.24, 2.45) is 5.73 Å². The summed E-state index contributed by atoms with van der Waals surface area (Å²) in [5.74, 6) is 0.00315. The summed E-state index contributed by atoms with van der Waals surface area (Å²) < 4.78 is 0. The van der Waals surface area contributed by atoms with Gasteiger partial charge in [-0.1, -0.05) is 6.07 Å². The van der Waals surface area contributed by atoms with Crippen LogP contribution in [-0.2, 0) is 4.79 Å². The fourth-order valence-electron chi connectivity index (χ4n) is 1.32. The van der Waals surface area contributed by atoms with Gasteiger partial charge in [-0.3, -0.25) is 4.79 Å². The summed E-state index contributed by atoms with van der Waals surface area (Å²) in [4.78, 5) is 12.7. The fraction of sp³-hybridized carbons (Fsp3) is 0.545. The summed E-state index contributed by atoms with van der Waals surface area (Å²) in [7, 11) is 0. The number of thiophene rings is 1. The van der Waals surface area contributed by atoms with Crippen molar-refractivity contribution in [1.29, 1.82) is 0 Å². The molecule has 3 N–H and O–H groups in total. The van der Waals surface area contributed by atoms with E-state index in [9.17, 15) is 4.79 Å². The van der Waals surface area contributed by atoms with E-state index < -0.39 is 5.54 Å². The minimum atomic E-state index is -0.445. The summed E-state index contributed by atoms with van der Waals surface area (Å²) in [6, 6.07) is 4.07. The molecule has 0 unspecified atom stereocenters. The third-order valence-corrected chi connectivity index (χ3v) is 3.02. The van der Waals surface area contributed by atoms with Crippen molar-refractivity contribution in [3.63, 3.8) is 0 Å². The normalized spacial score (nSPS) is 13.6. The zero-order chi connectivity index (χ0) is 11.5. The number of nitrogens with one attached hydrogen (secondary N) is 1. The molecule has 0 aliphatic rings. The number of amides is 1. The average Bonchev–Trinajstić information content (AvgIpc) is 2.50.